The molecule has 0 bridgehead atoms. The number of halogens is 1. The molecule has 0 spiro atoms. The number of aromatic hydroxyl groups is 1. The zero-order chi connectivity index (χ0) is 31.8. The first-order valence-corrected chi connectivity index (χ1v) is 15.0. The summed E-state index contributed by atoms with van der Waals surface area (Å²) < 4.78 is 20.6. The molecule has 45 heavy (non-hydrogen) atoms. The number of rotatable bonds is 10. The molecule has 1 saturated heterocycles. The number of benzene rings is 1. The fraction of sp³-hybridized carbons (Fsp3) is 0.419. The van der Waals surface area contributed by atoms with Crippen molar-refractivity contribution in [1.82, 2.24) is 29.0 Å². The Morgan fingerprint density at radius 3 is 2.49 bits per heavy atom. The van der Waals surface area contributed by atoms with Crippen LogP contribution in [-0.4, -0.2) is 77.3 Å². The number of carbonyl (C=O) groups excluding carboxylic acids is 1. The number of piperazine rings is 1. The molecular weight excluding hydrogens is 585 g/mol. The Labute approximate surface area is 256 Å². The third-order valence-corrected chi connectivity index (χ3v) is 8.54. The van der Waals surface area contributed by atoms with E-state index in [0.717, 1.165) is 24.6 Å². The van der Waals surface area contributed by atoms with Crippen LogP contribution >= 0.6 is 0 Å². The van der Waals surface area contributed by atoms with Gasteiger partial charge in [0.2, 0.25) is 16.8 Å². The van der Waals surface area contributed by atoms with Crippen LogP contribution in [0.2, 0.25) is 0 Å². The highest BCUT2D eigenvalue weighted by Gasteiger charge is 2.29. The smallest absolute Gasteiger partial charge is 0.341 e. The molecule has 13 nitrogen and oxygen atoms in total. The van der Waals surface area contributed by atoms with Gasteiger partial charge in [0.1, 0.15) is 11.4 Å². The number of fused-ring (bicyclic) bond motifs is 1. The molecule has 1 aromatic carbocycles. The second-order valence-electron chi connectivity index (χ2n) is 11.7. The molecule has 4 aromatic rings. The normalized spacial score (nSPS) is 15.2. The van der Waals surface area contributed by atoms with Crippen LogP contribution in [0.3, 0.4) is 0 Å². The van der Waals surface area contributed by atoms with Crippen LogP contribution in [0.15, 0.2) is 46.4 Å². The van der Waals surface area contributed by atoms with Crippen molar-refractivity contribution in [3.63, 3.8) is 0 Å². The molecule has 1 aliphatic carbocycles. The topological polar surface area (TPSA) is 156 Å². The first-order chi connectivity index (χ1) is 21.6. The first-order valence-electron chi connectivity index (χ1n) is 15.0. The SMILES string of the molecule is Cc1cc(=O)c(O)cn1CCCn1cc(CCC(=O)N2CCN(c3cc4c(cc3F)c(=O)c(C(=O)O)cn4C3CC3)CC2)nn1. The summed E-state index contributed by atoms with van der Waals surface area (Å²) in [5, 5.41) is 27.5. The van der Waals surface area contributed by atoms with Crippen molar-refractivity contribution >= 4 is 28.5 Å². The molecule has 0 atom stereocenters. The molecule has 6 rings (SSSR count). The van der Waals surface area contributed by atoms with E-state index in [1.54, 1.807) is 27.1 Å². The number of aromatic nitrogens is 5. The van der Waals surface area contributed by atoms with Crippen molar-refractivity contribution in [2.24, 2.45) is 0 Å². The van der Waals surface area contributed by atoms with Gasteiger partial charge >= 0.3 is 5.97 Å². The molecule has 3 aromatic heterocycles. The van der Waals surface area contributed by atoms with Gasteiger partial charge in [-0.3, -0.25) is 19.1 Å². The summed E-state index contributed by atoms with van der Waals surface area (Å²) >= 11 is 0. The number of carboxylic acid groups (broad SMARTS) is 1. The maximum absolute atomic E-state index is 15.3. The average molecular weight is 620 g/mol. The maximum Gasteiger partial charge on any atom is 0.341 e. The van der Waals surface area contributed by atoms with E-state index >= 15 is 4.39 Å². The molecule has 14 heteroatoms. The number of carboxylic acids is 1. The van der Waals surface area contributed by atoms with Gasteiger partial charge in [-0.05, 0) is 38.3 Å². The summed E-state index contributed by atoms with van der Waals surface area (Å²) in [4.78, 5) is 52.5. The summed E-state index contributed by atoms with van der Waals surface area (Å²) in [6.45, 7) is 4.63. The summed E-state index contributed by atoms with van der Waals surface area (Å²) in [7, 11) is 0. The minimum absolute atomic E-state index is 0.0274. The second-order valence-corrected chi connectivity index (χ2v) is 11.7. The van der Waals surface area contributed by atoms with Gasteiger partial charge < -0.3 is 29.1 Å². The van der Waals surface area contributed by atoms with Gasteiger partial charge in [-0.15, -0.1) is 5.10 Å². The van der Waals surface area contributed by atoms with E-state index in [9.17, 15) is 29.4 Å². The molecule has 1 saturated carbocycles. The highest BCUT2D eigenvalue weighted by Crippen LogP contribution is 2.38. The molecule has 1 amide bonds. The number of nitrogens with zero attached hydrogens (tertiary/aromatic N) is 7. The minimum Gasteiger partial charge on any atom is -0.503 e. The van der Waals surface area contributed by atoms with Gasteiger partial charge in [0.05, 0.1) is 23.1 Å². The van der Waals surface area contributed by atoms with E-state index in [1.165, 1.54) is 18.5 Å². The predicted octanol–water partition coefficient (Wildman–Crippen LogP) is 2.31. The lowest BCUT2D eigenvalue weighted by molar-refractivity contribution is -0.131. The van der Waals surface area contributed by atoms with E-state index in [1.807, 2.05) is 15.7 Å². The lowest BCUT2D eigenvalue weighted by Gasteiger charge is -2.36. The third kappa shape index (κ3) is 6.30. The van der Waals surface area contributed by atoms with Crippen LogP contribution < -0.4 is 15.8 Å². The van der Waals surface area contributed by atoms with Gasteiger partial charge in [0.25, 0.3) is 0 Å². The van der Waals surface area contributed by atoms with Crippen molar-refractivity contribution in [2.45, 2.75) is 58.2 Å². The molecule has 4 heterocycles. The maximum atomic E-state index is 15.3. The highest BCUT2D eigenvalue weighted by molar-refractivity contribution is 5.93. The van der Waals surface area contributed by atoms with Crippen LogP contribution in [0, 0.1) is 12.7 Å². The zero-order valence-electron chi connectivity index (χ0n) is 24.9. The lowest BCUT2D eigenvalue weighted by Crippen LogP contribution is -2.49. The number of amides is 1. The van der Waals surface area contributed by atoms with Gasteiger partial charge in [-0.2, -0.15) is 0 Å². The molecule has 2 aliphatic rings. The predicted molar refractivity (Wildman–Crippen MR) is 162 cm³/mol. The molecule has 2 N–H and O–H groups in total. The molecule has 0 unspecified atom stereocenters. The summed E-state index contributed by atoms with van der Waals surface area (Å²) in [5.41, 5.74) is 0.839. The first kappa shape index (κ1) is 30.0. The zero-order valence-corrected chi connectivity index (χ0v) is 24.9. The Hall–Kier alpha value is -5.01. The minimum atomic E-state index is -1.33. The summed E-state index contributed by atoms with van der Waals surface area (Å²) in [6, 6.07) is 4.25. The van der Waals surface area contributed by atoms with E-state index in [0.29, 0.717) is 69.0 Å². The van der Waals surface area contributed by atoms with Crippen LogP contribution in [0.5, 0.6) is 5.75 Å². The molecule has 2 fully saturated rings. The van der Waals surface area contributed by atoms with E-state index < -0.39 is 22.6 Å². The molecular formula is C31H34FN7O6. The quantitative estimate of drug-likeness (QED) is 0.272. The number of hydrogen-bond acceptors (Lipinski definition) is 8. The third-order valence-electron chi connectivity index (χ3n) is 8.54. The summed E-state index contributed by atoms with van der Waals surface area (Å²) in [5.74, 6) is -2.24. The van der Waals surface area contributed by atoms with E-state index in [4.69, 9.17) is 0 Å². The Bertz CT molecular complexity index is 1900. The Kier molecular flexibility index (Phi) is 8.12. The van der Waals surface area contributed by atoms with Gasteiger partial charge in [-0.1, -0.05) is 5.21 Å². The van der Waals surface area contributed by atoms with Crippen molar-refractivity contribution in [1.29, 1.82) is 0 Å². The van der Waals surface area contributed by atoms with E-state index in [-0.39, 0.29) is 35.1 Å². The van der Waals surface area contributed by atoms with Crippen LogP contribution in [0.1, 0.15) is 53.5 Å². The molecule has 236 valence electrons. The number of aromatic carboxylic acids is 1. The van der Waals surface area contributed by atoms with Crippen molar-refractivity contribution in [2.75, 3.05) is 31.1 Å². The molecule has 0 radical (unpaired) electrons. The molecule has 1 aliphatic heterocycles. The van der Waals surface area contributed by atoms with Gasteiger partial charge in [0, 0.05) is 87.7 Å². The van der Waals surface area contributed by atoms with Crippen LogP contribution in [0.4, 0.5) is 10.1 Å². The van der Waals surface area contributed by atoms with Crippen LogP contribution in [-0.2, 0) is 24.3 Å². The van der Waals surface area contributed by atoms with Crippen molar-refractivity contribution in [3.05, 3.63) is 80.0 Å². The number of aryl methyl sites for hydroxylation is 4. The van der Waals surface area contributed by atoms with E-state index in [2.05, 4.69) is 10.3 Å². The van der Waals surface area contributed by atoms with Crippen LogP contribution in [0.25, 0.3) is 10.9 Å². The van der Waals surface area contributed by atoms with Gasteiger partial charge in [0.15, 0.2) is 5.75 Å². The Balaban J connectivity index is 1.03. The Morgan fingerprint density at radius 1 is 1.02 bits per heavy atom. The van der Waals surface area contributed by atoms with Crippen molar-refractivity contribution < 1.29 is 24.2 Å². The lowest BCUT2D eigenvalue weighted by atomic mass is 10.1. The standard InChI is InChI=1S/C31H34FN7O6/c1-19-13-27(40)28(41)18-37(19)7-2-8-38-16-20(33-34-38)3-6-29(42)36-11-9-35(10-12-36)26-15-25-22(14-24(26)32)30(43)23(31(44)45)17-39(25)21-4-5-21/h13-18,21,41H,2-12H2,1H3,(H,44,45). The highest BCUT2D eigenvalue weighted by atomic mass is 19.1. The second kappa shape index (κ2) is 12.2. The number of pyridine rings is 2. The summed E-state index contributed by atoms with van der Waals surface area (Å²) in [6.07, 6.45) is 7.74. The van der Waals surface area contributed by atoms with Crippen molar-refractivity contribution in [3.8, 4) is 5.75 Å². The fourth-order valence-electron chi connectivity index (χ4n) is 5.86. The van der Waals surface area contributed by atoms with Gasteiger partial charge in [-0.25, -0.2) is 9.18 Å². The monoisotopic (exact) mass is 619 g/mol. The average Bonchev–Trinajstić information content (AvgIpc) is 3.76. The number of hydrogen-bond donors (Lipinski definition) is 2. The Morgan fingerprint density at radius 2 is 1.78 bits per heavy atom. The number of anilines is 1. The largest absolute Gasteiger partial charge is 0.503 e. The number of carbonyl (C=O) groups is 2. The fourth-order valence-corrected chi connectivity index (χ4v) is 5.86.